The van der Waals surface area contributed by atoms with Crippen LogP contribution in [-0.4, -0.2) is 32.8 Å². The maximum absolute atomic E-state index is 12.3. The highest BCUT2D eigenvalue weighted by molar-refractivity contribution is 6.05. The molecule has 2 amide bonds. The van der Waals surface area contributed by atoms with Gasteiger partial charge in [0.2, 0.25) is 0 Å². The molecular weight excluding hydrogens is 324 g/mol. The zero-order valence-electron chi connectivity index (χ0n) is 14.3. The van der Waals surface area contributed by atoms with Crippen molar-refractivity contribution in [3.05, 3.63) is 48.0 Å². The van der Waals surface area contributed by atoms with E-state index < -0.39 is 12.0 Å². The normalized spacial score (nSPS) is 9.88. The van der Waals surface area contributed by atoms with E-state index in [1.165, 1.54) is 14.2 Å². The third-order valence-electron chi connectivity index (χ3n) is 3.33. The minimum absolute atomic E-state index is 0.250. The van der Waals surface area contributed by atoms with Gasteiger partial charge in [0, 0.05) is 6.07 Å². The summed E-state index contributed by atoms with van der Waals surface area (Å²) in [6.07, 6.45) is 0. The number of ether oxygens (including phenoxy) is 3. The van der Waals surface area contributed by atoms with Gasteiger partial charge in [0.1, 0.15) is 11.5 Å². The van der Waals surface area contributed by atoms with Crippen LogP contribution in [0, 0.1) is 0 Å². The van der Waals surface area contributed by atoms with Crippen LogP contribution in [0.2, 0.25) is 0 Å². The Morgan fingerprint density at radius 3 is 2.36 bits per heavy atom. The minimum Gasteiger partial charge on any atom is -0.497 e. The summed E-state index contributed by atoms with van der Waals surface area (Å²) >= 11 is 0. The van der Waals surface area contributed by atoms with E-state index in [-0.39, 0.29) is 12.2 Å². The molecule has 0 aromatic heterocycles. The molecule has 0 heterocycles. The lowest BCUT2D eigenvalue weighted by Gasteiger charge is -2.14. The van der Waals surface area contributed by atoms with Gasteiger partial charge in [0.15, 0.2) is 0 Å². The monoisotopic (exact) mass is 344 g/mol. The molecule has 0 unspecified atom stereocenters. The Kier molecular flexibility index (Phi) is 6.22. The number of carbonyl (C=O) groups excluding carboxylic acids is 2. The van der Waals surface area contributed by atoms with E-state index in [2.05, 4.69) is 10.6 Å². The summed E-state index contributed by atoms with van der Waals surface area (Å²) in [4.78, 5) is 24.3. The Bertz CT molecular complexity index is 761. The van der Waals surface area contributed by atoms with Crippen molar-refractivity contribution in [2.75, 3.05) is 31.5 Å². The maximum atomic E-state index is 12.3. The molecule has 0 spiro atoms. The van der Waals surface area contributed by atoms with Crippen LogP contribution in [0.25, 0.3) is 0 Å². The van der Waals surface area contributed by atoms with E-state index in [1.807, 2.05) is 0 Å². The molecule has 0 aliphatic heterocycles. The fraction of sp³-hybridized carbons (Fsp3) is 0.222. The second-order valence-electron chi connectivity index (χ2n) is 4.91. The van der Waals surface area contributed by atoms with Crippen molar-refractivity contribution >= 4 is 23.4 Å². The van der Waals surface area contributed by atoms with Crippen LogP contribution in [0.15, 0.2) is 42.5 Å². The maximum Gasteiger partial charge on any atom is 0.340 e. The molecule has 0 bridgehead atoms. The number of urea groups is 1. The molecule has 0 radical (unpaired) electrons. The van der Waals surface area contributed by atoms with Crippen LogP contribution in [0.3, 0.4) is 0 Å². The smallest absolute Gasteiger partial charge is 0.340 e. The summed E-state index contributed by atoms with van der Waals surface area (Å²) < 4.78 is 15.3. The zero-order valence-corrected chi connectivity index (χ0v) is 14.3. The zero-order chi connectivity index (χ0) is 18.2. The molecule has 2 rings (SSSR count). The molecule has 2 aromatic carbocycles. The van der Waals surface area contributed by atoms with Crippen molar-refractivity contribution in [3.63, 3.8) is 0 Å². The van der Waals surface area contributed by atoms with Gasteiger partial charge in [-0.15, -0.1) is 0 Å². The number of esters is 1. The Morgan fingerprint density at radius 2 is 1.68 bits per heavy atom. The van der Waals surface area contributed by atoms with Gasteiger partial charge in [-0.05, 0) is 31.2 Å². The van der Waals surface area contributed by atoms with Gasteiger partial charge in [-0.2, -0.15) is 0 Å². The number of benzene rings is 2. The van der Waals surface area contributed by atoms with Crippen molar-refractivity contribution in [2.45, 2.75) is 6.92 Å². The first-order chi connectivity index (χ1) is 12.1. The van der Waals surface area contributed by atoms with E-state index in [4.69, 9.17) is 14.2 Å². The van der Waals surface area contributed by atoms with Crippen LogP contribution < -0.4 is 20.1 Å². The molecule has 0 saturated carbocycles. The van der Waals surface area contributed by atoms with Crippen LogP contribution in [0.5, 0.6) is 11.5 Å². The minimum atomic E-state index is -0.525. The lowest BCUT2D eigenvalue weighted by Crippen LogP contribution is -2.21. The van der Waals surface area contributed by atoms with Gasteiger partial charge in [-0.1, -0.05) is 12.1 Å². The average Bonchev–Trinajstić information content (AvgIpc) is 2.62. The number of methoxy groups -OCH3 is 2. The van der Waals surface area contributed by atoms with Gasteiger partial charge in [0.25, 0.3) is 0 Å². The average molecular weight is 344 g/mol. The fourth-order valence-electron chi connectivity index (χ4n) is 2.17. The summed E-state index contributed by atoms with van der Waals surface area (Å²) in [6.45, 7) is 1.97. The van der Waals surface area contributed by atoms with Gasteiger partial charge in [0.05, 0.1) is 37.8 Å². The fourth-order valence-corrected chi connectivity index (χ4v) is 2.17. The second kappa shape index (κ2) is 8.58. The first kappa shape index (κ1) is 18.1. The number of rotatable bonds is 6. The van der Waals surface area contributed by atoms with Crippen molar-refractivity contribution in [1.82, 2.24) is 0 Å². The molecule has 7 heteroatoms. The van der Waals surface area contributed by atoms with E-state index in [1.54, 1.807) is 49.4 Å². The molecule has 132 valence electrons. The molecular formula is C18H20N2O5. The molecule has 0 fully saturated rings. The number of para-hydroxylation sites is 1. The number of nitrogens with one attached hydrogen (secondary N) is 2. The lowest BCUT2D eigenvalue weighted by atomic mass is 10.2. The van der Waals surface area contributed by atoms with E-state index in [0.717, 1.165) is 0 Å². The van der Waals surface area contributed by atoms with Crippen molar-refractivity contribution in [3.8, 4) is 11.5 Å². The summed E-state index contributed by atoms with van der Waals surface area (Å²) in [5, 5.41) is 5.32. The van der Waals surface area contributed by atoms with Crippen molar-refractivity contribution in [1.29, 1.82) is 0 Å². The summed E-state index contributed by atoms with van der Waals surface area (Å²) in [6, 6.07) is 11.1. The summed E-state index contributed by atoms with van der Waals surface area (Å²) in [7, 11) is 3.03. The van der Waals surface area contributed by atoms with Gasteiger partial charge in [-0.3, -0.25) is 0 Å². The predicted molar refractivity (Wildman–Crippen MR) is 94.6 cm³/mol. The topological polar surface area (TPSA) is 85.9 Å². The van der Waals surface area contributed by atoms with Crippen molar-refractivity contribution in [2.24, 2.45) is 0 Å². The molecule has 0 saturated heterocycles. The SMILES string of the molecule is CCOC(=O)c1ccccc1NC(=O)Nc1cc(OC)ccc1OC. The first-order valence-electron chi connectivity index (χ1n) is 7.65. The van der Waals surface area contributed by atoms with E-state index in [9.17, 15) is 9.59 Å². The van der Waals surface area contributed by atoms with Crippen molar-refractivity contribution < 1.29 is 23.8 Å². The van der Waals surface area contributed by atoms with Crippen LogP contribution in [-0.2, 0) is 4.74 Å². The molecule has 0 aliphatic carbocycles. The summed E-state index contributed by atoms with van der Waals surface area (Å²) in [5.41, 5.74) is 1.06. The van der Waals surface area contributed by atoms with Gasteiger partial charge < -0.3 is 24.8 Å². The Labute approximate surface area is 145 Å². The molecule has 0 atom stereocenters. The standard InChI is InChI=1S/C18H20N2O5/c1-4-25-17(21)13-7-5-6-8-14(13)19-18(22)20-15-11-12(23-2)9-10-16(15)24-3/h5-11H,4H2,1-3H3,(H2,19,20,22). The van der Waals surface area contributed by atoms with Crippen LogP contribution >= 0.6 is 0 Å². The predicted octanol–water partition coefficient (Wildman–Crippen LogP) is 3.52. The lowest BCUT2D eigenvalue weighted by molar-refractivity contribution is 0.0527. The van der Waals surface area contributed by atoms with Gasteiger partial charge >= 0.3 is 12.0 Å². The van der Waals surface area contributed by atoms with E-state index >= 15 is 0 Å². The third-order valence-corrected chi connectivity index (χ3v) is 3.33. The quantitative estimate of drug-likeness (QED) is 0.783. The number of amides is 2. The largest absolute Gasteiger partial charge is 0.497 e. The molecule has 2 aromatic rings. The second-order valence-corrected chi connectivity index (χ2v) is 4.91. The Balaban J connectivity index is 2.17. The van der Waals surface area contributed by atoms with E-state index in [0.29, 0.717) is 22.9 Å². The highest BCUT2D eigenvalue weighted by Crippen LogP contribution is 2.29. The van der Waals surface area contributed by atoms with Gasteiger partial charge in [-0.25, -0.2) is 9.59 Å². The Morgan fingerprint density at radius 1 is 0.960 bits per heavy atom. The number of hydrogen-bond acceptors (Lipinski definition) is 5. The third kappa shape index (κ3) is 4.63. The Hall–Kier alpha value is -3.22. The highest BCUT2D eigenvalue weighted by atomic mass is 16.5. The number of carbonyl (C=O) groups is 2. The number of hydrogen-bond donors (Lipinski definition) is 2. The van der Waals surface area contributed by atoms with Crippen LogP contribution in [0.4, 0.5) is 16.2 Å². The summed E-state index contributed by atoms with van der Waals surface area (Å²) in [5.74, 6) is 0.551. The molecule has 2 N–H and O–H groups in total. The van der Waals surface area contributed by atoms with Crippen LogP contribution in [0.1, 0.15) is 17.3 Å². The number of anilines is 2. The molecule has 0 aliphatic rings. The first-order valence-corrected chi connectivity index (χ1v) is 7.65. The molecule has 25 heavy (non-hydrogen) atoms. The molecule has 7 nitrogen and oxygen atoms in total. The highest BCUT2D eigenvalue weighted by Gasteiger charge is 2.15.